The summed E-state index contributed by atoms with van der Waals surface area (Å²) in [5.74, 6) is 0. The van der Waals surface area contributed by atoms with Crippen molar-refractivity contribution < 1.29 is 13.3 Å². The van der Waals surface area contributed by atoms with Gasteiger partial charge in [-0.25, -0.2) is 0 Å². The van der Waals surface area contributed by atoms with E-state index in [1.165, 1.54) is 0 Å². The highest BCUT2D eigenvalue weighted by Gasteiger charge is 2.38. The molecule has 0 spiro atoms. The fourth-order valence-electron chi connectivity index (χ4n) is 1.06. The van der Waals surface area contributed by atoms with E-state index in [0.29, 0.717) is 6.61 Å². The van der Waals surface area contributed by atoms with Gasteiger partial charge in [0.2, 0.25) is 0 Å². The standard InChI is InChI=1S/C8H21NO3Si/c1-6-12-13(10-4,11-5)8-7-9(2)3/h6-8H2,1-5H3. The lowest BCUT2D eigenvalue weighted by Crippen LogP contribution is -2.45. The van der Waals surface area contributed by atoms with Crippen molar-refractivity contribution in [3.8, 4) is 0 Å². The Labute approximate surface area is 82.1 Å². The molecule has 0 saturated carbocycles. The highest BCUT2D eigenvalue weighted by molar-refractivity contribution is 6.60. The van der Waals surface area contributed by atoms with Crippen LogP contribution < -0.4 is 0 Å². The minimum Gasteiger partial charge on any atom is -0.377 e. The number of nitrogens with zero attached hydrogens (tertiary/aromatic N) is 1. The molecule has 0 aromatic carbocycles. The van der Waals surface area contributed by atoms with Crippen LogP contribution in [0, 0.1) is 0 Å². The van der Waals surface area contributed by atoms with Gasteiger partial charge in [-0.15, -0.1) is 0 Å². The highest BCUT2D eigenvalue weighted by atomic mass is 28.4. The smallest absolute Gasteiger partial charge is 0.377 e. The molecule has 0 aromatic rings. The van der Waals surface area contributed by atoms with E-state index in [2.05, 4.69) is 4.90 Å². The largest absolute Gasteiger partial charge is 0.501 e. The normalized spacial score (nSPS) is 12.5. The molecule has 0 radical (unpaired) electrons. The summed E-state index contributed by atoms with van der Waals surface area (Å²) >= 11 is 0. The molecule has 0 saturated heterocycles. The fourth-order valence-corrected chi connectivity index (χ4v) is 3.17. The van der Waals surface area contributed by atoms with Crippen LogP contribution in [0.5, 0.6) is 0 Å². The third-order valence-corrected chi connectivity index (χ3v) is 4.66. The quantitative estimate of drug-likeness (QED) is 0.578. The van der Waals surface area contributed by atoms with Gasteiger partial charge in [-0.3, -0.25) is 0 Å². The van der Waals surface area contributed by atoms with Crippen molar-refractivity contribution in [3.05, 3.63) is 0 Å². The van der Waals surface area contributed by atoms with Crippen molar-refractivity contribution in [2.24, 2.45) is 0 Å². The van der Waals surface area contributed by atoms with Crippen LogP contribution in [0.3, 0.4) is 0 Å². The summed E-state index contributed by atoms with van der Waals surface area (Å²) in [5, 5.41) is 0. The Morgan fingerprint density at radius 1 is 1.15 bits per heavy atom. The minimum absolute atomic E-state index is 0.640. The molecular formula is C8H21NO3Si. The molecule has 5 heteroatoms. The topological polar surface area (TPSA) is 30.9 Å². The van der Waals surface area contributed by atoms with E-state index in [-0.39, 0.29) is 0 Å². The summed E-state index contributed by atoms with van der Waals surface area (Å²) in [6.07, 6.45) is 0. The van der Waals surface area contributed by atoms with E-state index >= 15 is 0 Å². The number of hydrogen-bond acceptors (Lipinski definition) is 4. The van der Waals surface area contributed by atoms with Crippen LogP contribution in [0.15, 0.2) is 0 Å². The third kappa shape index (κ3) is 4.73. The Kier molecular flexibility index (Phi) is 6.53. The Balaban J connectivity index is 4.04. The first kappa shape index (κ1) is 13.1. The molecule has 0 unspecified atom stereocenters. The average molecular weight is 207 g/mol. The molecular weight excluding hydrogens is 186 g/mol. The first-order valence-electron chi connectivity index (χ1n) is 4.49. The van der Waals surface area contributed by atoms with E-state index in [1.54, 1.807) is 14.2 Å². The van der Waals surface area contributed by atoms with Gasteiger partial charge in [-0.1, -0.05) is 0 Å². The second-order valence-corrected chi connectivity index (χ2v) is 6.05. The summed E-state index contributed by atoms with van der Waals surface area (Å²) < 4.78 is 16.2. The second-order valence-electron chi connectivity index (χ2n) is 3.08. The maximum absolute atomic E-state index is 5.55. The number of hydrogen-bond donors (Lipinski definition) is 0. The Morgan fingerprint density at radius 3 is 2.00 bits per heavy atom. The van der Waals surface area contributed by atoms with Crippen LogP contribution >= 0.6 is 0 Å². The second kappa shape index (κ2) is 6.50. The molecule has 0 fully saturated rings. The summed E-state index contributed by atoms with van der Waals surface area (Å²) in [7, 11) is 5.01. The lowest BCUT2D eigenvalue weighted by Gasteiger charge is -2.26. The highest BCUT2D eigenvalue weighted by Crippen LogP contribution is 2.13. The summed E-state index contributed by atoms with van der Waals surface area (Å²) in [4.78, 5) is 2.10. The first-order chi connectivity index (χ1) is 6.10. The Hall–Kier alpha value is 0.0569. The van der Waals surface area contributed by atoms with E-state index in [0.717, 1.165) is 12.6 Å². The third-order valence-electron chi connectivity index (χ3n) is 1.85. The average Bonchev–Trinajstić information content (AvgIpc) is 2.12. The molecule has 0 aliphatic rings. The van der Waals surface area contributed by atoms with Crippen LogP contribution in [-0.4, -0.2) is 55.2 Å². The van der Waals surface area contributed by atoms with Crippen molar-refractivity contribution in [1.82, 2.24) is 4.90 Å². The van der Waals surface area contributed by atoms with E-state index in [9.17, 15) is 0 Å². The lowest BCUT2D eigenvalue weighted by molar-refractivity contribution is 0.101. The molecule has 13 heavy (non-hydrogen) atoms. The molecule has 80 valence electrons. The molecule has 0 N–H and O–H groups in total. The van der Waals surface area contributed by atoms with Gasteiger partial charge in [0.1, 0.15) is 0 Å². The molecule has 4 nitrogen and oxygen atoms in total. The van der Waals surface area contributed by atoms with E-state index < -0.39 is 8.80 Å². The Bertz CT molecular complexity index is 129. The predicted octanol–water partition coefficient (Wildman–Crippen LogP) is 0.816. The molecule has 0 amide bonds. The maximum Gasteiger partial charge on any atom is 0.501 e. The molecule has 0 rings (SSSR count). The number of rotatable bonds is 7. The van der Waals surface area contributed by atoms with Gasteiger partial charge in [-0.2, -0.15) is 0 Å². The maximum atomic E-state index is 5.55. The SMILES string of the molecule is CCO[Si](CCN(C)C)(OC)OC. The van der Waals surface area contributed by atoms with Crippen molar-refractivity contribution in [1.29, 1.82) is 0 Å². The molecule has 0 atom stereocenters. The van der Waals surface area contributed by atoms with Crippen molar-refractivity contribution in [2.45, 2.75) is 13.0 Å². The van der Waals surface area contributed by atoms with Crippen LogP contribution in [0.2, 0.25) is 6.04 Å². The van der Waals surface area contributed by atoms with Crippen LogP contribution in [0.25, 0.3) is 0 Å². The summed E-state index contributed by atoms with van der Waals surface area (Å²) in [6, 6.07) is 0.834. The lowest BCUT2D eigenvalue weighted by atomic mass is 10.7. The van der Waals surface area contributed by atoms with Gasteiger partial charge >= 0.3 is 8.80 Å². The molecule has 0 aliphatic carbocycles. The van der Waals surface area contributed by atoms with Crippen molar-refractivity contribution >= 4 is 8.80 Å². The molecule has 0 aromatic heterocycles. The van der Waals surface area contributed by atoms with Gasteiger partial charge < -0.3 is 18.2 Å². The van der Waals surface area contributed by atoms with E-state index in [4.69, 9.17) is 13.3 Å². The molecule has 0 bridgehead atoms. The molecule has 0 aliphatic heterocycles. The van der Waals surface area contributed by atoms with Crippen LogP contribution in [-0.2, 0) is 13.3 Å². The van der Waals surface area contributed by atoms with Gasteiger partial charge in [0.15, 0.2) is 0 Å². The van der Waals surface area contributed by atoms with Gasteiger partial charge in [0.05, 0.1) is 0 Å². The molecule has 0 heterocycles. The van der Waals surface area contributed by atoms with E-state index in [1.807, 2.05) is 21.0 Å². The van der Waals surface area contributed by atoms with Gasteiger partial charge in [-0.05, 0) is 21.0 Å². The first-order valence-corrected chi connectivity index (χ1v) is 6.42. The summed E-state index contributed by atoms with van der Waals surface area (Å²) in [6.45, 7) is 3.52. The fraction of sp³-hybridized carbons (Fsp3) is 1.00. The minimum atomic E-state index is -2.35. The zero-order chi connectivity index (χ0) is 10.3. The predicted molar refractivity (Wildman–Crippen MR) is 54.8 cm³/mol. The zero-order valence-electron chi connectivity index (χ0n) is 9.29. The summed E-state index contributed by atoms with van der Waals surface area (Å²) in [5.41, 5.74) is 0. The monoisotopic (exact) mass is 207 g/mol. The zero-order valence-corrected chi connectivity index (χ0v) is 10.3. The van der Waals surface area contributed by atoms with Gasteiger partial charge in [0, 0.05) is 33.4 Å². The van der Waals surface area contributed by atoms with Crippen molar-refractivity contribution in [2.75, 3.05) is 41.5 Å². The van der Waals surface area contributed by atoms with Crippen molar-refractivity contribution in [3.63, 3.8) is 0 Å². The van der Waals surface area contributed by atoms with Crippen LogP contribution in [0.4, 0.5) is 0 Å². The van der Waals surface area contributed by atoms with Crippen LogP contribution in [0.1, 0.15) is 6.92 Å². The Morgan fingerprint density at radius 2 is 1.69 bits per heavy atom. The van der Waals surface area contributed by atoms with Gasteiger partial charge in [0.25, 0.3) is 0 Å².